The molecule has 3 aliphatic carbocycles. The van der Waals surface area contributed by atoms with Crippen LogP contribution in [0.25, 0.3) is 0 Å². The van der Waals surface area contributed by atoms with Crippen molar-refractivity contribution in [2.45, 2.75) is 123 Å². The fraction of sp³-hybridized carbons (Fsp3) is 0.735. The third kappa shape index (κ3) is 8.48. The third-order valence-corrected chi connectivity index (χ3v) is 10.7. The van der Waals surface area contributed by atoms with Gasteiger partial charge in [-0.15, -0.1) is 0 Å². The Morgan fingerprint density at radius 1 is 1.15 bits per heavy atom. The summed E-state index contributed by atoms with van der Waals surface area (Å²) in [6.45, 7) is 15.5. The van der Waals surface area contributed by atoms with E-state index in [0.717, 1.165) is 18.4 Å². The zero-order valence-corrected chi connectivity index (χ0v) is 28.7. The molecule has 5 rings (SSSR count). The first-order valence-corrected chi connectivity index (χ1v) is 17.0. The molecular formula is C34H54BN5O6. The quantitative estimate of drug-likeness (QED) is 0.0570. The van der Waals surface area contributed by atoms with Gasteiger partial charge in [0.05, 0.1) is 17.6 Å². The normalized spacial score (nSPS) is 26.3. The first-order valence-electron chi connectivity index (χ1n) is 17.0. The van der Waals surface area contributed by atoms with Crippen LogP contribution in [0.4, 0.5) is 0 Å². The van der Waals surface area contributed by atoms with Crippen LogP contribution in [-0.4, -0.2) is 54.0 Å². The Bertz CT molecular complexity index is 1270. The first kappa shape index (κ1) is 35.9. The Balaban J connectivity index is 1.42. The molecule has 1 heterocycles. The van der Waals surface area contributed by atoms with E-state index in [0.29, 0.717) is 49.9 Å². The van der Waals surface area contributed by atoms with Crippen molar-refractivity contribution in [2.24, 2.45) is 39.8 Å². The van der Waals surface area contributed by atoms with Crippen LogP contribution in [0.2, 0.25) is 0 Å². The molecular weight excluding hydrogens is 585 g/mol. The molecule has 6 atom stereocenters. The van der Waals surface area contributed by atoms with Crippen LogP contribution in [0, 0.1) is 39.2 Å². The van der Waals surface area contributed by atoms with Crippen molar-refractivity contribution >= 4 is 24.8 Å². The van der Waals surface area contributed by atoms with Gasteiger partial charge < -0.3 is 20.4 Å². The number of aryl methyl sites for hydroxylation is 1. The maximum atomic E-state index is 13.9. The van der Waals surface area contributed by atoms with Gasteiger partial charge in [-0.2, -0.15) is 0 Å². The molecule has 1 aliphatic heterocycles. The number of aliphatic imine (C=N–C) groups is 1. The third-order valence-electron chi connectivity index (χ3n) is 10.7. The molecule has 12 heteroatoms. The van der Waals surface area contributed by atoms with Gasteiger partial charge in [0, 0.05) is 25.3 Å². The molecule has 0 unspecified atom stereocenters. The number of carbonyl (C=O) groups excluding carboxylic acids is 2. The second kappa shape index (κ2) is 14.8. The minimum absolute atomic E-state index is 0.00362. The van der Waals surface area contributed by atoms with E-state index in [4.69, 9.17) is 15.0 Å². The highest BCUT2D eigenvalue weighted by atomic mass is 16.7. The van der Waals surface area contributed by atoms with Crippen molar-refractivity contribution in [3.05, 3.63) is 45.5 Å². The molecule has 0 radical (unpaired) electrons. The molecule has 0 aromatic heterocycles. The average Bonchev–Trinajstić information content (AvgIpc) is 3.34. The van der Waals surface area contributed by atoms with Crippen LogP contribution in [0.3, 0.4) is 0 Å². The molecule has 254 valence electrons. The summed E-state index contributed by atoms with van der Waals surface area (Å²) in [7, 11) is -0.556. The van der Waals surface area contributed by atoms with Crippen molar-refractivity contribution < 1.29 is 23.9 Å². The van der Waals surface area contributed by atoms with Crippen molar-refractivity contribution in [3.63, 3.8) is 0 Å². The predicted octanol–water partition coefficient (Wildman–Crippen LogP) is 4.99. The van der Waals surface area contributed by atoms with E-state index in [1.54, 1.807) is 0 Å². The van der Waals surface area contributed by atoms with Crippen LogP contribution >= 0.6 is 0 Å². The van der Waals surface area contributed by atoms with Crippen LogP contribution < -0.4 is 16.5 Å². The zero-order chi connectivity index (χ0) is 33.8. The highest BCUT2D eigenvalue weighted by Gasteiger charge is 2.68. The molecule has 3 saturated carbocycles. The number of hydrazine groups is 1. The van der Waals surface area contributed by atoms with Crippen LogP contribution in [-0.2, 0) is 25.3 Å². The predicted molar refractivity (Wildman–Crippen MR) is 179 cm³/mol. The summed E-state index contributed by atoms with van der Waals surface area (Å²) in [5.74, 6) is 0.319. The van der Waals surface area contributed by atoms with E-state index >= 15 is 0 Å². The van der Waals surface area contributed by atoms with Gasteiger partial charge in [-0.05, 0) is 85.7 Å². The number of hydrogen-bond acceptors (Lipinski definition) is 7. The SMILES string of the molecule is CC(C)C[C@H](NC(=O)[C@H](CCCN=C(N)N[N+](=O)[O-])CC(=O)CCc1ccc(C(C)C)cc1)B1O[C@@H]2C[C@@H]3C[C@@H](C3(C)C)[C@]2(C)O1. The molecule has 11 nitrogen and oxygen atoms in total. The number of nitrogens with two attached hydrogens (primary N) is 1. The summed E-state index contributed by atoms with van der Waals surface area (Å²) in [6, 6.07) is 8.33. The molecule has 1 amide bonds. The lowest BCUT2D eigenvalue weighted by atomic mass is 9.43. The summed E-state index contributed by atoms with van der Waals surface area (Å²) >= 11 is 0. The Morgan fingerprint density at radius 2 is 1.85 bits per heavy atom. The minimum atomic E-state index is -0.771. The van der Waals surface area contributed by atoms with Crippen molar-refractivity contribution in [1.29, 1.82) is 0 Å². The fourth-order valence-electron chi connectivity index (χ4n) is 7.84. The number of hydrogen-bond donors (Lipinski definition) is 3. The summed E-state index contributed by atoms with van der Waals surface area (Å²) < 4.78 is 13.3. The van der Waals surface area contributed by atoms with E-state index in [-0.39, 0.29) is 59.6 Å². The Hall–Kier alpha value is -2.99. The van der Waals surface area contributed by atoms with Gasteiger partial charge >= 0.3 is 7.12 Å². The summed E-state index contributed by atoms with van der Waals surface area (Å²) in [5, 5.41) is 13.1. The molecule has 1 aromatic carbocycles. The number of amides is 1. The van der Waals surface area contributed by atoms with Crippen LogP contribution in [0.15, 0.2) is 29.3 Å². The number of rotatable bonds is 16. The first-order chi connectivity index (χ1) is 21.6. The smallest absolute Gasteiger partial charge is 0.404 e. The van der Waals surface area contributed by atoms with Gasteiger partial charge in [-0.3, -0.25) is 9.59 Å². The Kier molecular flexibility index (Phi) is 11.6. The van der Waals surface area contributed by atoms with Crippen LogP contribution in [0.1, 0.15) is 110 Å². The van der Waals surface area contributed by atoms with Crippen molar-refractivity contribution in [1.82, 2.24) is 10.7 Å². The van der Waals surface area contributed by atoms with Crippen molar-refractivity contribution in [3.8, 4) is 0 Å². The lowest BCUT2D eigenvalue weighted by Crippen LogP contribution is -2.65. The number of nitrogens with zero attached hydrogens (tertiary/aromatic N) is 2. The number of nitrogens with one attached hydrogen (secondary N) is 2. The molecule has 46 heavy (non-hydrogen) atoms. The average molecular weight is 640 g/mol. The Morgan fingerprint density at radius 3 is 2.46 bits per heavy atom. The second-order valence-corrected chi connectivity index (χ2v) is 15.2. The second-order valence-electron chi connectivity index (χ2n) is 15.2. The number of benzene rings is 1. The van der Waals surface area contributed by atoms with Gasteiger partial charge in [-0.1, -0.05) is 71.2 Å². The topological polar surface area (TPSA) is 158 Å². The highest BCUT2D eigenvalue weighted by molar-refractivity contribution is 6.47. The van der Waals surface area contributed by atoms with E-state index in [1.807, 2.05) is 5.43 Å². The molecule has 0 spiro atoms. The lowest BCUT2D eigenvalue weighted by Gasteiger charge is -2.64. The standard InChI is InChI=1S/C34H54BN5O6/c1-21(2)17-30(35-45-29-20-26-19-28(33(26,5)6)34(29,7)46-35)38-31(42)25(9-8-16-37-32(36)39-40(43)44)18-27(41)15-12-23-10-13-24(14-11-23)22(3)4/h10-11,13-14,21-22,25-26,28-30H,8-9,12,15-20H2,1-7H3,(H,38,42)(H3,36,37,39)/t25-,26+,28+,29-,30+,34+/m1/s1. The fourth-order valence-corrected chi connectivity index (χ4v) is 7.84. The lowest BCUT2D eigenvalue weighted by molar-refractivity contribution is -0.525. The zero-order valence-electron chi connectivity index (χ0n) is 28.7. The minimum Gasteiger partial charge on any atom is -0.404 e. The van der Waals surface area contributed by atoms with Gasteiger partial charge in [0.15, 0.2) is 5.03 Å². The van der Waals surface area contributed by atoms with E-state index in [2.05, 4.69) is 83.0 Å². The molecule has 4 aliphatic rings. The highest BCUT2D eigenvalue weighted by Crippen LogP contribution is 2.65. The number of Topliss-reactive ketones (excluding diaryl/α,β-unsaturated/α-hetero) is 1. The monoisotopic (exact) mass is 639 g/mol. The molecule has 4 fully saturated rings. The maximum Gasteiger partial charge on any atom is 0.481 e. The largest absolute Gasteiger partial charge is 0.481 e. The summed E-state index contributed by atoms with van der Waals surface area (Å²) in [5.41, 5.74) is 9.55. The van der Waals surface area contributed by atoms with Gasteiger partial charge in [0.2, 0.25) is 5.91 Å². The number of carbonyl (C=O) groups is 2. The number of ketones is 1. The summed E-state index contributed by atoms with van der Waals surface area (Å²) in [6.07, 6.45) is 4.66. The van der Waals surface area contributed by atoms with E-state index in [1.165, 1.54) is 5.56 Å². The van der Waals surface area contributed by atoms with Crippen LogP contribution in [0.5, 0.6) is 0 Å². The molecule has 4 N–H and O–H groups in total. The van der Waals surface area contributed by atoms with E-state index in [9.17, 15) is 19.7 Å². The van der Waals surface area contributed by atoms with E-state index < -0.39 is 18.1 Å². The molecule has 1 aromatic rings. The number of nitro groups is 1. The summed E-state index contributed by atoms with van der Waals surface area (Å²) in [4.78, 5) is 41.8. The Labute approximate surface area is 274 Å². The maximum absolute atomic E-state index is 13.9. The number of guanidine groups is 1. The van der Waals surface area contributed by atoms with Crippen molar-refractivity contribution in [2.75, 3.05) is 6.54 Å². The van der Waals surface area contributed by atoms with Gasteiger partial charge in [-0.25, -0.2) is 15.1 Å². The van der Waals surface area contributed by atoms with Gasteiger partial charge in [0.1, 0.15) is 5.78 Å². The molecule has 1 saturated heterocycles. The van der Waals surface area contributed by atoms with Gasteiger partial charge in [0.25, 0.3) is 5.96 Å². The molecule has 2 bridgehead atoms.